The summed E-state index contributed by atoms with van der Waals surface area (Å²) in [6.07, 6.45) is 6.47. The third-order valence-electron chi connectivity index (χ3n) is 5.98. The Balaban J connectivity index is 1.30. The molecular weight excluding hydrogens is 368 g/mol. The van der Waals surface area contributed by atoms with Crippen LogP contribution in [0.3, 0.4) is 0 Å². The van der Waals surface area contributed by atoms with Crippen LogP contribution in [-0.4, -0.2) is 58.1 Å². The molecule has 2 N–H and O–H groups in total. The number of nitrogens with two attached hydrogens (primary N) is 1. The van der Waals surface area contributed by atoms with E-state index in [-0.39, 0.29) is 23.7 Å². The first-order valence-corrected chi connectivity index (χ1v) is 10.2. The molecule has 0 spiro atoms. The fraction of sp³-hybridized carbons (Fsp3) is 0.476. The normalized spacial score (nSPS) is 18.6. The Hall–Kier alpha value is -3.03. The number of likely N-dealkylation sites (tertiary alicyclic amines) is 1. The molecule has 29 heavy (non-hydrogen) atoms. The number of hydrogen-bond acceptors (Lipinski definition) is 6. The average molecular weight is 394 g/mol. The lowest BCUT2D eigenvalue weighted by Crippen LogP contribution is -2.47. The van der Waals surface area contributed by atoms with Crippen molar-refractivity contribution in [2.24, 2.45) is 17.6 Å². The molecule has 8 nitrogen and oxygen atoms in total. The maximum Gasteiger partial charge on any atom is 0.225 e. The van der Waals surface area contributed by atoms with Gasteiger partial charge in [0.05, 0.1) is 5.69 Å². The molecule has 2 aliphatic heterocycles. The highest BCUT2D eigenvalue weighted by Gasteiger charge is 2.32. The van der Waals surface area contributed by atoms with Gasteiger partial charge in [0.2, 0.25) is 11.8 Å². The third kappa shape index (κ3) is 4.36. The minimum Gasteiger partial charge on any atom is -0.369 e. The first-order chi connectivity index (χ1) is 14.1. The van der Waals surface area contributed by atoms with Gasteiger partial charge in [0, 0.05) is 56.0 Å². The molecule has 0 radical (unpaired) electrons. The average Bonchev–Trinajstić information content (AvgIpc) is 2.79. The molecule has 2 saturated heterocycles. The molecule has 0 aromatic carbocycles. The lowest BCUT2D eigenvalue weighted by Gasteiger charge is -2.37. The second kappa shape index (κ2) is 8.55. The van der Waals surface area contributed by atoms with Crippen LogP contribution in [0.5, 0.6) is 0 Å². The van der Waals surface area contributed by atoms with E-state index in [2.05, 4.69) is 20.1 Å². The van der Waals surface area contributed by atoms with Gasteiger partial charge in [-0.1, -0.05) is 0 Å². The van der Waals surface area contributed by atoms with Crippen molar-refractivity contribution in [3.8, 4) is 11.3 Å². The molecule has 2 aliphatic rings. The van der Waals surface area contributed by atoms with Gasteiger partial charge in [-0.25, -0.2) is 0 Å². The van der Waals surface area contributed by atoms with Crippen molar-refractivity contribution < 1.29 is 9.59 Å². The van der Waals surface area contributed by atoms with Crippen LogP contribution < -0.4 is 10.6 Å². The molecule has 2 aromatic heterocycles. The number of amides is 2. The minimum atomic E-state index is -0.249. The Morgan fingerprint density at radius 2 is 1.66 bits per heavy atom. The van der Waals surface area contributed by atoms with Gasteiger partial charge in [0.25, 0.3) is 0 Å². The van der Waals surface area contributed by atoms with Crippen molar-refractivity contribution in [2.75, 3.05) is 31.1 Å². The zero-order valence-electron chi connectivity index (χ0n) is 16.4. The van der Waals surface area contributed by atoms with E-state index >= 15 is 0 Å². The zero-order valence-corrected chi connectivity index (χ0v) is 16.4. The van der Waals surface area contributed by atoms with Crippen LogP contribution >= 0.6 is 0 Å². The molecular formula is C21H26N6O2. The summed E-state index contributed by atoms with van der Waals surface area (Å²) in [6.45, 7) is 2.84. The van der Waals surface area contributed by atoms with E-state index in [1.54, 1.807) is 12.4 Å². The number of hydrogen-bond donors (Lipinski definition) is 1. The van der Waals surface area contributed by atoms with E-state index in [0.29, 0.717) is 25.9 Å². The number of carbonyl (C=O) groups is 2. The second-order valence-corrected chi connectivity index (χ2v) is 7.78. The van der Waals surface area contributed by atoms with E-state index in [1.165, 1.54) is 0 Å². The number of piperidine rings is 2. The summed E-state index contributed by atoms with van der Waals surface area (Å²) in [5.74, 6) is 0.755. The van der Waals surface area contributed by atoms with Gasteiger partial charge >= 0.3 is 0 Å². The van der Waals surface area contributed by atoms with Gasteiger partial charge in [-0.15, -0.1) is 10.2 Å². The molecule has 2 amide bonds. The Morgan fingerprint density at radius 1 is 0.931 bits per heavy atom. The van der Waals surface area contributed by atoms with Crippen LogP contribution in [0.25, 0.3) is 11.3 Å². The summed E-state index contributed by atoms with van der Waals surface area (Å²) in [4.78, 5) is 32.3. The van der Waals surface area contributed by atoms with E-state index in [0.717, 1.165) is 43.0 Å². The van der Waals surface area contributed by atoms with E-state index in [1.807, 2.05) is 29.2 Å². The molecule has 4 heterocycles. The first kappa shape index (κ1) is 19.3. The van der Waals surface area contributed by atoms with Gasteiger partial charge in [-0.2, -0.15) is 0 Å². The molecule has 0 aliphatic carbocycles. The second-order valence-electron chi connectivity index (χ2n) is 7.78. The van der Waals surface area contributed by atoms with Crippen molar-refractivity contribution in [1.29, 1.82) is 0 Å². The Morgan fingerprint density at radius 3 is 2.24 bits per heavy atom. The number of aromatic nitrogens is 3. The zero-order chi connectivity index (χ0) is 20.2. The number of anilines is 1. The molecule has 0 atom stereocenters. The van der Waals surface area contributed by atoms with Crippen molar-refractivity contribution >= 4 is 17.6 Å². The highest BCUT2D eigenvalue weighted by Crippen LogP contribution is 2.26. The molecule has 2 aromatic rings. The first-order valence-electron chi connectivity index (χ1n) is 10.2. The van der Waals surface area contributed by atoms with Crippen molar-refractivity contribution in [3.63, 3.8) is 0 Å². The highest BCUT2D eigenvalue weighted by molar-refractivity contribution is 5.80. The van der Waals surface area contributed by atoms with Crippen LogP contribution in [0.4, 0.5) is 5.82 Å². The van der Waals surface area contributed by atoms with Gasteiger partial charge in [-0.3, -0.25) is 14.6 Å². The lowest BCUT2D eigenvalue weighted by atomic mass is 9.92. The fourth-order valence-corrected chi connectivity index (χ4v) is 4.16. The fourth-order valence-electron chi connectivity index (χ4n) is 4.16. The van der Waals surface area contributed by atoms with Gasteiger partial charge in [0.1, 0.15) is 0 Å². The van der Waals surface area contributed by atoms with Crippen LogP contribution in [0.2, 0.25) is 0 Å². The van der Waals surface area contributed by atoms with Crippen LogP contribution in [0.1, 0.15) is 25.7 Å². The summed E-state index contributed by atoms with van der Waals surface area (Å²) in [5, 5.41) is 8.70. The number of carbonyl (C=O) groups excluding carboxylic acids is 2. The molecule has 4 rings (SSSR count). The van der Waals surface area contributed by atoms with Gasteiger partial charge < -0.3 is 15.5 Å². The minimum absolute atomic E-state index is 0.0407. The maximum absolute atomic E-state index is 12.8. The lowest BCUT2D eigenvalue weighted by molar-refractivity contribution is -0.139. The SMILES string of the molecule is NC(=O)C1CCN(C(=O)C2CCN(c3ccc(-c4cccnc4)nn3)CC2)CC1. The van der Waals surface area contributed by atoms with E-state index < -0.39 is 0 Å². The Kier molecular flexibility index (Phi) is 5.69. The summed E-state index contributed by atoms with van der Waals surface area (Å²) in [7, 11) is 0. The molecule has 2 fully saturated rings. The smallest absolute Gasteiger partial charge is 0.225 e. The summed E-state index contributed by atoms with van der Waals surface area (Å²) in [5.41, 5.74) is 7.12. The van der Waals surface area contributed by atoms with Crippen molar-refractivity contribution in [2.45, 2.75) is 25.7 Å². The predicted octanol–water partition coefficient (Wildman–Crippen LogP) is 1.48. The monoisotopic (exact) mass is 394 g/mol. The summed E-state index contributed by atoms with van der Waals surface area (Å²) in [6, 6.07) is 7.77. The van der Waals surface area contributed by atoms with E-state index in [4.69, 9.17) is 5.73 Å². The molecule has 8 heteroatoms. The Bertz CT molecular complexity index is 841. The number of primary amides is 1. The summed E-state index contributed by atoms with van der Waals surface area (Å²) >= 11 is 0. The molecule has 0 unspecified atom stereocenters. The van der Waals surface area contributed by atoms with Gasteiger partial charge in [0.15, 0.2) is 5.82 Å². The molecule has 152 valence electrons. The van der Waals surface area contributed by atoms with E-state index in [9.17, 15) is 9.59 Å². The third-order valence-corrected chi connectivity index (χ3v) is 5.98. The van der Waals surface area contributed by atoms with Crippen LogP contribution in [0, 0.1) is 11.8 Å². The number of rotatable bonds is 4. The predicted molar refractivity (Wildman–Crippen MR) is 109 cm³/mol. The van der Waals surface area contributed by atoms with Crippen molar-refractivity contribution in [3.05, 3.63) is 36.7 Å². The standard InChI is InChI=1S/C21H26N6O2/c22-20(28)15-5-12-27(13-6-15)21(29)16-7-10-26(11-8-16)19-4-3-18(24-25-19)17-2-1-9-23-14-17/h1-4,9,14-16H,5-8,10-13H2,(H2,22,28). The number of pyridine rings is 1. The van der Waals surface area contributed by atoms with Gasteiger partial charge in [-0.05, 0) is 49.9 Å². The summed E-state index contributed by atoms with van der Waals surface area (Å²) < 4.78 is 0. The maximum atomic E-state index is 12.8. The molecule has 0 bridgehead atoms. The van der Waals surface area contributed by atoms with Crippen LogP contribution in [0.15, 0.2) is 36.7 Å². The highest BCUT2D eigenvalue weighted by atomic mass is 16.2. The van der Waals surface area contributed by atoms with Crippen molar-refractivity contribution in [1.82, 2.24) is 20.1 Å². The van der Waals surface area contributed by atoms with Crippen LogP contribution in [-0.2, 0) is 9.59 Å². The quantitative estimate of drug-likeness (QED) is 0.842. The Labute approximate surface area is 170 Å². The topological polar surface area (TPSA) is 105 Å². The molecule has 0 saturated carbocycles. The largest absolute Gasteiger partial charge is 0.369 e. The number of nitrogens with zero attached hydrogens (tertiary/aromatic N) is 5.